The Hall–Kier alpha value is -2.48. The van der Waals surface area contributed by atoms with E-state index in [0.717, 1.165) is 5.56 Å². The maximum atomic E-state index is 12.2. The summed E-state index contributed by atoms with van der Waals surface area (Å²) >= 11 is 1.27. The van der Waals surface area contributed by atoms with Crippen molar-refractivity contribution in [1.82, 2.24) is 15.2 Å². The Morgan fingerprint density at radius 1 is 0.955 bits per heavy atom. The van der Waals surface area contributed by atoms with E-state index < -0.39 is 6.36 Å². The molecule has 3 aromatic rings. The number of nitrogens with zero attached hydrogens (tertiary/aromatic N) is 3. The van der Waals surface area contributed by atoms with Gasteiger partial charge in [-0.2, -0.15) is 0 Å². The zero-order chi connectivity index (χ0) is 15.6. The molecule has 0 atom stereocenters. The van der Waals surface area contributed by atoms with Gasteiger partial charge in [-0.3, -0.25) is 4.98 Å². The monoisotopic (exact) mass is 323 g/mol. The fourth-order valence-corrected chi connectivity index (χ4v) is 2.60. The number of pyridine rings is 1. The highest BCUT2D eigenvalue weighted by Crippen LogP contribution is 2.32. The summed E-state index contributed by atoms with van der Waals surface area (Å²) in [6.45, 7) is 0. The largest absolute Gasteiger partial charge is 0.573 e. The van der Waals surface area contributed by atoms with Gasteiger partial charge in [0.25, 0.3) is 0 Å². The van der Waals surface area contributed by atoms with E-state index in [-0.39, 0.29) is 5.75 Å². The normalized spacial score (nSPS) is 11.4. The molecule has 0 aliphatic heterocycles. The molecule has 0 fully saturated rings. The standard InChI is InChI=1S/C14H8F3N3OS/c15-14(16,17)21-11-5-1-3-9(7-11)12-19-20-13(22-12)10-4-2-6-18-8-10/h1-8H. The molecule has 3 rings (SSSR count). The van der Waals surface area contributed by atoms with Crippen molar-refractivity contribution in [2.24, 2.45) is 0 Å². The number of ether oxygens (including phenoxy) is 1. The van der Waals surface area contributed by atoms with Crippen molar-refractivity contribution in [2.75, 3.05) is 0 Å². The third-order valence-electron chi connectivity index (χ3n) is 2.65. The Balaban J connectivity index is 1.89. The van der Waals surface area contributed by atoms with Crippen LogP contribution in [0.3, 0.4) is 0 Å². The van der Waals surface area contributed by atoms with Gasteiger partial charge in [0.05, 0.1) is 0 Å². The van der Waals surface area contributed by atoms with Gasteiger partial charge < -0.3 is 4.74 Å². The van der Waals surface area contributed by atoms with Gasteiger partial charge in [0.15, 0.2) is 0 Å². The average Bonchev–Trinajstić information content (AvgIpc) is 2.96. The van der Waals surface area contributed by atoms with Crippen LogP contribution in [0, 0.1) is 0 Å². The fourth-order valence-electron chi connectivity index (χ4n) is 1.77. The van der Waals surface area contributed by atoms with Crippen LogP contribution in [0.4, 0.5) is 13.2 Å². The first-order chi connectivity index (χ1) is 10.5. The van der Waals surface area contributed by atoms with Crippen molar-refractivity contribution < 1.29 is 17.9 Å². The van der Waals surface area contributed by atoms with Crippen LogP contribution in [0.1, 0.15) is 0 Å². The van der Waals surface area contributed by atoms with Crippen LogP contribution < -0.4 is 4.74 Å². The first-order valence-electron chi connectivity index (χ1n) is 6.11. The summed E-state index contributed by atoms with van der Waals surface area (Å²) in [7, 11) is 0. The van der Waals surface area contributed by atoms with Gasteiger partial charge in [-0.25, -0.2) is 0 Å². The smallest absolute Gasteiger partial charge is 0.406 e. The van der Waals surface area contributed by atoms with Crippen LogP contribution in [0.2, 0.25) is 0 Å². The minimum absolute atomic E-state index is 0.289. The summed E-state index contributed by atoms with van der Waals surface area (Å²) in [5.41, 5.74) is 1.31. The molecule has 0 amide bonds. The molecular weight excluding hydrogens is 315 g/mol. The summed E-state index contributed by atoms with van der Waals surface area (Å²) < 4.78 is 40.6. The molecule has 0 aliphatic rings. The van der Waals surface area contributed by atoms with E-state index in [2.05, 4.69) is 19.9 Å². The van der Waals surface area contributed by atoms with Gasteiger partial charge in [-0.1, -0.05) is 23.5 Å². The van der Waals surface area contributed by atoms with Gasteiger partial charge in [-0.05, 0) is 24.3 Å². The van der Waals surface area contributed by atoms with Gasteiger partial charge in [-0.15, -0.1) is 23.4 Å². The zero-order valence-electron chi connectivity index (χ0n) is 10.9. The van der Waals surface area contributed by atoms with E-state index >= 15 is 0 Å². The zero-order valence-corrected chi connectivity index (χ0v) is 11.7. The van der Waals surface area contributed by atoms with Crippen LogP contribution in [-0.4, -0.2) is 21.5 Å². The van der Waals surface area contributed by atoms with Crippen LogP contribution in [0.25, 0.3) is 21.1 Å². The van der Waals surface area contributed by atoms with E-state index in [1.54, 1.807) is 24.5 Å². The van der Waals surface area contributed by atoms with E-state index in [4.69, 9.17) is 0 Å². The van der Waals surface area contributed by atoms with E-state index in [0.29, 0.717) is 15.6 Å². The molecule has 1 aromatic carbocycles. The van der Waals surface area contributed by atoms with Crippen molar-refractivity contribution in [3.8, 4) is 26.9 Å². The maximum absolute atomic E-state index is 12.2. The minimum atomic E-state index is -4.72. The van der Waals surface area contributed by atoms with Crippen molar-refractivity contribution >= 4 is 11.3 Å². The number of hydrogen-bond donors (Lipinski definition) is 0. The first-order valence-corrected chi connectivity index (χ1v) is 6.93. The molecule has 0 unspecified atom stereocenters. The first kappa shape index (κ1) is 14.5. The SMILES string of the molecule is FC(F)(F)Oc1cccc(-c2nnc(-c3cccnc3)s2)c1. The lowest BCUT2D eigenvalue weighted by atomic mass is 10.2. The van der Waals surface area contributed by atoms with Crippen LogP contribution in [0.5, 0.6) is 5.75 Å². The molecule has 4 nitrogen and oxygen atoms in total. The molecule has 0 radical (unpaired) electrons. The lowest BCUT2D eigenvalue weighted by molar-refractivity contribution is -0.274. The highest BCUT2D eigenvalue weighted by molar-refractivity contribution is 7.17. The molecular formula is C14H8F3N3OS. The van der Waals surface area contributed by atoms with Crippen LogP contribution >= 0.6 is 11.3 Å². The second-order valence-corrected chi connectivity index (χ2v) is 5.21. The second kappa shape index (κ2) is 5.72. The molecule has 112 valence electrons. The van der Waals surface area contributed by atoms with Crippen LogP contribution in [0.15, 0.2) is 48.8 Å². The van der Waals surface area contributed by atoms with Crippen molar-refractivity contribution in [1.29, 1.82) is 0 Å². The summed E-state index contributed by atoms with van der Waals surface area (Å²) in [6, 6.07) is 9.24. The lowest BCUT2D eigenvalue weighted by Gasteiger charge is -2.08. The number of hydrogen-bond acceptors (Lipinski definition) is 5. The Kier molecular flexibility index (Phi) is 3.76. The molecule has 8 heteroatoms. The predicted octanol–water partition coefficient (Wildman–Crippen LogP) is 4.17. The molecule has 2 aromatic heterocycles. The number of benzene rings is 1. The van der Waals surface area contributed by atoms with E-state index in [9.17, 15) is 13.2 Å². The highest BCUT2D eigenvalue weighted by Gasteiger charge is 2.31. The van der Waals surface area contributed by atoms with Crippen molar-refractivity contribution in [3.05, 3.63) is 48.8 Å². The van der Waals surface area contributed by atoms with E-state index in [1.165, 1.54) is 29.5 Å². The molecule has 0 saturated heterocycles. The van der Waals surface area contributed by atoms with Gasteiger partial charge in [0.1, 0.15) is 15.8 Å². The molecule has 22 heavy (non-hydrogen) atoms. The van der Waals surface area contributed by atoms with Crippen molar-refractivity contribution in [3.63, 3.8) is 0 Å². The molecule has 0 aliphatic carbocycles. The predicted molar refractivity (Wildman–Crippen MR) is 75.3 cm³/mol. The van der Waals surface area contributed by atoms with Gasteiger partial charge in [0, 0.05) is 23.5 Å². The lowest BCUT2D eigenvalue weighted by Crippen LogP contribution is -2.17. The quantitative estimate of drug-likeness (QED) is 0.726. The fraction of sp³-hybridized carbons (Fsp3) is 0.0714. The van der Waals surface area contributed by atoms with Gasteiger partial charge in [0.2, 0.25) is 0 Å². The summed E-state index contributed by atoms with van der Waals surface area (Å²) in [5.74, 6) is -0.289. The van der Waals surface area contributed by atoms with Crippen molar-refractivity contribution in [2.45, 2.75) is 6.36 Å². The maximum Gasteiger partial charge on any atom is 0.573 e. The Labute approximate surface area is 127 Å². The third kappa shape index (κ3) is 3.40. The Morgan fingerprint density at radius 2 is 1.68 bits per heavy atom. The summed E-state index contributed by atoms with van der Waals surface area (Å²) in [5, 5.41) is 9.19. The molecule has 0 spiro atoms. The van der Waals surface area contributed by atoms with E-state index in [1.807, 2.05) is 6.07 Å². The number of halogens is 3. The second-order valence-electron chi connectivity index (χ2n) is 4.23. The number of rotatable bonds is 3. The Morgan fingerprint density at radius 3 is 2.36 bits per heavy atom. The van der Waals surface area contributed by atoms with Gasteiger partial charge >= 0.3 is 6.36 Å². The molecule has 0 N–H and O–H groups in total. The summed E-state index contributed by atoms with van der Waals surface area (Å²) in [6.07, 6.45) is -1.43. The molecule has 0 bridgehead atoms. The highest BCUT2D eigenvalue weighted by atomic mass is 32.1. The minimum Gasteiger partial charge on any atom is -0.406 e. The molecule has 2 heterocycles. The summed E-state index contributed by atoms with van der Waals surface area (Å²) in [4.78, 5) is 3.99. The van der Waals surface area contributed by atoms with Crippen LogP contribution in [-0.2, 0) is 0 Å². The topological polar surface area (TPSA) is 47.9 Å². The molecule has 0 saturated carbocycles. The Bertz CT molecular complexity index is 774. The number of alkyl halides is 3. The third-order valence-corrected chi connectivity index (χ3v) is 3.67. The number of aromatic nitrogens is 3. The average molecular weight is 323 g/mol.